The normalized spacial score (nSPS) is 15.2. The Balaban J connectivity index is 1.38. The van der Waals surface area contributed by atoms with Gasteiger partial charge in [-0.05, 0) is 39.3 Å². The number of aryl methyl sites for hydroxylation is 1. The molecule has 1 aromatic carbocycles. The van der Waals surface area contributed by atoms with Crippen LogP contribution in [0.2, 0.25) is 0 Å². The number of rotatable bonds is 10. The molecule has 37 heavy (non-hydrogen) atoms. The van der Waals surface area contributed by atoms with Gasteiger partial charge in [0, 0.05) is 29.6 Å². The molecule has 2 amide bonds. The van der Waals surface area contributed by atoms with Crippen LogP contribution in [0.4, 0.5) is 5.69 Å². The molecule has 1 aliphatic heterocycles. The first-order chi connectivity index (χ1) is 17.9. The van der Waals surface area contributed by atoms with Crippen LogP contribution in [-0.2, 0) is 4.79 Å². The number of hydrogen-bond donors (Lipinski definition) is 2. The maximum Gasteiger partial charge on any atom is 0.271 e. The monoisotopic (exact) mass is 521 g/mol. The summed E-state index contributed by atoms with van der Waals surface area (Å²) in [6.45, 7) is 5.96. The molecule has 196 valence electrons. The van der Waals surface area contributed by atoms with Crippen LogP contribution in [0.3, 0.4) is 0 Å². The van der Waals surface area contributed by atoms with E-state index in [2.05, 4.69) is 39.5 Å². The Morgan fingerprint density at radius 2 is 1.92 bits per heavy atom. The molecule has 2 aromatic heterocycles. The van der Waals surface area contributed by atoms with Gasteiger partial charge in [0.2, 0.25) is 11.8 Å². The fourth-order valence-electron chi connectivity index (χ4n) is 4.24. The van der Waals surface area contributed by atoms with Gasteiger partial charge in [-0.1, -0.05) is 50.1 Å². The standard InChI is InChI=1S/C28H35N5O3S/c1-4-5-11-23(31-27(35)25-19(2)37-28(32-25)20-9-7-6-8-10-20)26(34)30-21-12-13-24(29-18-21)36-22-14-16-33(3)17-15-22/h6-10,12-13,18,22-23H,4-5,11,14-17H2,1-3H3,(H,30,34)(H,31,35). The molecular weight excluding hydrogens is 486 g/mol. The number of piperidine rings is 1. The van der Waals surface area contributed by atoms with Gasteiger partial charge in [0.15, 0.2) is 0 Å². The van der Waals surface area contributed by atoms with Gasteiger partial charge in [0.25, 0.3) is 5.91 Å². The lowest BCUT2D eigenvalue weighted by atomic mass is 10.1. The van der Waals surface area contributed by atoms with E-state index in [0.29, 0.717) is 23.7 Å². The number of anilines is 1. The largest absolute Gasteiger partial charge is 0.474 e. The van der Waals surface area contributed by atoms with E-state index >= 15 is 0 Å². The Bertz CT molecular complexity index is 1170. The van der Waals surface area contributed by atoms with Crippen molar-refractivity contribution in [1.82, 2.24) is 20.2 Å². The lowest BCUT2D eigenvalue weighted by molar-refractivity contribution is -0.118. The number of ether oxygens (including phenoxy) is 1. The van der Waals surface area contributed by atoms with Gasteiger partial charge < -0.3 is 20.3 Å². The second-order valence-corrected chi connectivity index (χ2v) is 10.7. The summed E-state index contributed by atoms with van der Waals surface area (Å²) in [6, 6.07) is 12.6. The number of nitrogens with one attached hydrogen (secondary N) is 2. The highest BCUT2D eigenvalue weighted by molar-refractivity contribution is 7.15. The first kappa shape index (κ1) is 26.8. The van der Waals surface area contributed by atoms with E-state index in [4.69, 9.17) is 4.74 Å². The molecule has 1 atom stereocenters. The van der Waals surface area contributed by atoms with Crippen molar-refractivity contribution in [2.24, 2.45) is 0 Å². The minimum absolute atomic E-state index is 0.161. The number of pyridine rings is 1. The average molecular weight is 522 g/mol. The summed E-state index contributed by atoms with van der Waals surface area (Å²) >= 11 is 1.47. The third-order valence-corrected chi connectivity index (χ3v) is 7.48. The molecule has 8 nitrogen and oxygen atoms in total. The third kappa shape index (κ3) is 7.36. The number of carbonyl (C=O) groups is 2. The molecule has 1 aliphatic rings. The van der Waals surface area contributed by atoms with Crippen molar-refractivity contribution >= 4 is 28.8 Å². The summed E-state index contributed by atoms with van der Waals surface area (Å²) in [5.41, 5.74) is 1.88. The Morgan fingerprint density at radius 1 is 1.16 bits per heavy atom. The Kier molecular flexibility index (Phi) is 9.24. The highest BCUT2D eigenvalue weighted by atomic mass is 32.1. The number of nitrogens with zero attached hydrogens (tertiary/aromatic N) is 3. The summed E-state index contributed by atoms with van der Waals surface area (Å²) in [5.74, 6) is -0.0625. The number of likely N-dealkylation sites (tertiary alicyclic amines) is 1. The number of benzene rings is 1. The summed E-state index contributed by atoms with van der Waals surface area (Å²) < 4.78 is 6.00. The van der Waals surface area contributed by atoms with Crippen LogP contribution in [-0.4, -0.2) is 59.0 Å². The number of aromatic nitrogens is 2. The molecule has 0 saturated carbocycles. The first-order valence-corrected chi connectivity index (χ1v) is 13.7. The second kappa shape index (κ2) is 12.8. The highest BCUT2D eigenvalue weighted by Crippen LogP contribution is 2.27. The van der Waals surface area contributed by atoms with Crippen molar-refractivity contribution in [3.8, 4) is 16.5 Å². The molecule has 0 bridgehead atoms. The molecule has 9 heteroatoms. The summed E-state index contributed by atoms with van der Waals surface area (Å²) in [5, 5.41) is 6.58. The lowest BCUT2D eigenvalue weighted by Gasteiger charge is -2.28. The number of amides is 2. The molecule has 0 radical (unpaired) electrons. The van der Waals surface area contributed by atoms with Crippen LogP contribution in [0.15, 0.2) is 48.7 Å². The maximum absolute atomic E-state index is 13.1. The molecule has 1 saturated heterocycles. The van der Waals surface area contributed by atoms with E-state index in [9.17, 15) is 9.59 Å². The second-order valence-electron chi connectivity index (χ2n) is 9.45. The van der Waals surface area contributed by atoms with Gasteiger partial charge >= 0.3 is 0 Å². The molecular formula is C28H35N5O3S. The SMILES string of the molecule is CCCCC(NC(=O)c1nc(-c2ccccc2)sc1C)C(=O)Nc1ccc(OC2CCN(C)CC2)nc1. The molecule has 1 fully saturated rings. The van der Waals surface area contributed by atoms with Crippen molar-refractivity contribution < 1.29 is 14.3 Å². The van der Waals surface area contributed by atoms with Crippen molar-refractivity contribution in [2.75, 3.05) is 25.5 Å². The smallest absolute Gasteiger partial charge is 0.271 e. The van der Waals surface area contributed by atoms with E-state index in [1.165, 1.54) is 11.3 Å². The number of hydrogen-bond acceptors (Lipinski definition) is 7. The highest BCUT2D eigenvalue weighted by Gasteiger charge is 2.24. The van der Waals surface area contributed by atoms with Crippen LogP contribution in [0.5, 0.6) is 5.88 Å². The van der Waals surface area contributed by atoms with Crippen LogP contribution in [0.1, 0.15) is 54.4 Å². The van der Waals surface area contributed by atoms with Gasteiger partial charge in [0.05, 0.1) is 11.9 Å². The third-order valence-electron chi connectivity index (χ3n) is 6.46. The first-order valence-electron chi connectivity index (χ1n) is 12.9. The molecule has 1 unspecified atom stereocenters. The molecule has 2 N–H and O–H groups in total. The van der Waals surface area contributed by atoms with Gasteiger partial charge in [-0.2, -0.15) is 0 Å². The van der Waals surface area contributed by atoms with Crippen LogP contribution < -0.4 is 15.4 Å². The lowest BCUT2D eigenvalue weighted by Crippen LogP contribution is -2.44. The van der Waals surface area contributed by atoms with Crippen molar-refractivity contribution in [3.63, 3.8) is 0 Å². The summed E-state index contributed by atoms with van der Waals surface area (Å²) in [6.07, 6.45) is 5.96. The Hall–Kier alpha value is -3.30. The fourth-order valence-corrected chi connectivity index (χ4v) is 5.16. The van der Waals surface area contributed by atoms with E-state index in [0.717, 1.165) is 54.2 Å². The van der Waals surface area contributed by atoms with E-state index < -0.39 is 6.04 Å². The van der Waals surface area contributed by atoms with Crippen LogP contribution >= 0.6 is 11.3 Å². The minimum Gasteiger partial charge on any atom is -0.474 e. The van der Waals surface area contributed by atoms with Crippen molar-refractivity contribution in [1.29, 1.82) is 0 Å². The fraction of sp³-hybridized carbons (Fsp3) is 0.429. The topological polar surface area (TPSA) is 96.5 Å². The van der Waals surface area contributed by atoms with Crippen molar-refractivity contribution in [3.05, 3.63) is 59.2 Å². The van der Waals surface area contributed by atoms with Crippen molar-refractivity contribution in [2.45, 2.75) is 58.1 Å². The maximum atomic E-state index is 13.1. The minimum atomic E-state index is -0.677. The van der Waals surface area contributed by atoms with Gasteiger partial charge in [-0.3, -0.25) is 9.59 Å². The van der Waals surface area contributed by atoms with Crippen LogP contribution in [0.25, 0.3) is 10.6 Å². The number of carbonyl (C=O) groups excluding carboxylic acids is 2. The summed E-state index contributed by atoms with van der Waals surface area (Å²) in [4.78, 5) is 38.3. The quantitative estimate of drug-likeness (QED) is 0.393. The van der Waals surface area contributed by atoms with Crippen LogP contribution in [0, 0.1) is 6.92 Å². The van der Waals surface area contributed by atoms with E-state index in [-0.39, 0.29) is 17.9 Å². The van der Waals surface area contributed by atoms with Gasteiger partial charge in [-0.15, -0.1) is 11.3 Å². The molecule has 3 aromatic rings. The van der Waals surface area contributed by atoms with E-state index in [1.54, 1.807) is 18.3 Å². The van der Waals surface area contributed by atoms with E-state index in [1.807, 2.05) is 37.3 Å². The zero-order valence-corrected chi connectivity index (χ0v) is 22.5. The zero-order valence-electron chi connectivity index (χ0n) is 21.7. The molecule has 0 spiro atoms. The average Bonchev–Trinajstić information content (AvgIpc) is 3.31. The summed E-state index contributed by atoms with van der Waals surface area (Å²) in [7, 11) is 2.11. The Morgan fingerprint density at radius 3 is 2.59 bits per heavy atom. The molecule has 3 heterocycles. The molecule has 4 rings (SSSR count). The number of thiazole rings is 1. The van der Waals surface area contributed by atoms with Gasteiger partial charge in [0.1, 0.15) is 22.8 Å². The number of unbranched alkanes of at least 4 members (excludes halogenated alkanes) is 1. The Labute approximate surface area is 222 Å². The zero-order chi connectivity index (χ0) is 26.2. The molecule has 0 aliphatic carbocycles. The van der Waals surface area contributed by atoms with Gasteiger partial charge in [-0.25, -0.2) is 9.97 Å². The predicted molar refractivity (Wildman–Crippen MR) is 147 cm³/mol. The predicted octanol–water partition coefficient (Wildman–Crippen LogP) is 4.91.